The molecule has 0 aromatic carbocycles. The number of aryl methyl sites for hydroxylation is 1. The van der Waals surface area contributed by atoms with Gasteiger partial charge in [-0.2, -0.15) is 0 Å². The number of nitrogens with zero attached hydrogens (tertiary/aromatic N) is 1. The molecule has 0 amide bonds. The third-order valence-electron chi connectivity index (χ3n) is 5.42. The molecule has 1 heterocycles. The number of pyridine rings is 1. The van der Waals surface area contributed by atoms with Gasteiger partial charge in [0.25, 0.3) is 0 Å². The second-order valence-electron chi connectivity index (χ2n) is 7.31. The number of aromatic nitrogens is 1. The minimum Gasteiger partial charge on any atom is -0.392 e. The van der Waals surface area contributed by atoms with Crippen LogP contribution in [0.5, 0.6) is 0 Å². The summed E-state index contributed by atoms with van der Waals surface area (Å²) in [6.07, 6.45) is 9.97. The van der Waals surface area contributed by atoms with Gasteiger partial charge in [-0.05, 0) is 55.1 Å². The largest absolute Gasteiger partial charge is 0.392 e. The van der Waals surface area contributed by atoms with Crippen LogP contribution in [0.25, 0.3) is 0 Å². The van der Waals surface area contributed by atoms with Crippen molar-refractivity contribution in [3.05, 3.63) is 29.6 Å². The molecule has 20 heavy (non-hydrogen) atoms. The van der Waals surface area contributed by atoms with Crippen LogP contribution in [-0.4, -0.2) is 16.2 Å². The van der Waals surface area contributed by atoms with E-state index in [2.05, 4.69) is 24.9 Å². The Labute approximate surface area is 122 Å². The van der Waals surface area contributed by atoms with Crippen LogP contribution in [0.15, 0.2) is 18.3 Å². The molecule has 2 heteroatoms. The van der Waals surface area contributed by atoms with Gasteiger partial charge in [0.2, 0.25) is 0 Å². The summed E-state index contributed by atoms with van der Waals surface area (Å²) in [5.41, 5.74) is 2.68. The summed E-state index contributed by atoms with van der Waals surface area (Å²) in [4.78, 5) is 4.58. The zero-order valence-corrected chi connectivity index (χ0v) is 12.8. The monoisotopic (exact) mass is 273 g/mol. The normalized spacial score (nSPS) is 25.9. The molecular weight excluding hydrogens is 246 g/mol. The first-order chi connectivity index (χ1) is 9.62. The lowest BCUT2D eigenvalue weighted by Crippen LogP contribution is -2.38. The van der Waals surface area contributed by atoms with Crippen molar-refractivity contribution in [3.8, 4) is 0 Å². The second kappa shape index (κ2) is 5.48. The molecule has 3 rings (SSSR count). The minimum atomic E-state index is -0.205. The van der Waals surface area contributed by atoms with E-state index in [1.807, 2.05) is 12.3 Å². The van der Waals surface area contributed by atoms with Gasteiger partial charge in [-0.15, -0.1) is 0 Å². The standard InChI is InChI=1S/C18H27NO/c1-13(2)12-18(9-3-4-10-18)17(20)15-8-7-14-6-5-11-19-16(14)15/h5-6,11,13,15,17,20H,3-4,7-10,12H2,1-2H3. The van der Waals surface area contributed by atoms with Crippen LogP contribution in [0.3, 0.4) is 0 Å². The predicted molar refractivity (Wildman–Crippen MR) is 81.7 cm³/mol. The molecule has 2 aliphatic rings. The highest BCUT2D eigenvalue weighted by Gasteiger charge is 2.46. The van der Waals surface area contributed by atoms with E-state index in [1.54, 1.807) is 0 Å². The van der Waals surface area contributed by atoms with Crippen LogP contribution < -0.4 is 0 Å². The highest BCUT2D eigenvalue weighted by Crippen LogP contribution is 2.51. The zero-order chi connectivity index (χ0) is 14.2. The van der Waals surface area contributed by atoms with Gasteiger partial charge in [0.1, 0.15) is 0 Å². The van der Waals surface area contributed by atoms with Gasteiger partial charge in [-0.3, -0.25) is 4.98 Å². The van der Waals surface area contributed by atoms with Crippen molar-refractivity contribution in [3.63, 3.8) is 0 Å². The molecular formula is C18H27NO. The summed E-state index contributed by atoms with van der Waals surface area (Å²) in [7, 11) is 0. The van der Waals surface area contributed by atoms with Gasteiger partial charge in [-0.1, -0.05) is 32.8 Å². The van der Waals surface area contributed by atoms with Gasteiger partial charge in [0.05, 0.1) is 6.10 Å². The number of aliphatic hydroxyl groups excluding tert-OH is 1. The summed E-state index contributed by atoms with van der Waals surface area (Å²) < 4.78 is 0. The lowest BCUT2D eigenvalue weighted by Gasteiger charge is -2.39. The highest BCUT2D eigenvalue weighted by atomic mass is 16.3. The molecule has 0 radical (unpaired) electrons. The zero-order valence-electron chi connectivity index (χ0n) is 12.8. The number of rotatable bonds is 4. The fourth-order valence-corrected chi connectivity index (χ4v) is 4.69. The average molecular weight is 273 g/mol. The summed E-state index contributed by atoms with van der Waals surface area (Å²) in [5, 5.41) is 11.2. The Morgan fingerprint density at radius 3 is 2.80 bits per heavy atom. The van der Waals surface area contributed by atoms with Crippen molar-refractivity contribution in [2.75, 3.05) is 0 Å². The van der Waals surface area contributed by atoms with E-state index >= 15 is 0 Å². The van der Waals surface area contributed by atoms with Gasteiger partial charge < -0.3 is 5.11 Å². The highest BCUT2D eigenvalue weighted by molar-refractivity contribution is 5.30. The molecule has 0 aliphatic heterocycles. The number of aliphatic hydroxyl groups is 1. The lowest BCUT2D eigenvalue weighted by molar-refractivity contribution is -0.00734. The third kappa shape index (κ3) is 2.39. The molecule has 110 valence electrons. The molecule has 2 unspecified atom stereocenters. The van der Waals surface area contributed by atoms with E-state index < -0.39 is 0 Å². The van der Waals surface area contributed by atoms with Crippen LogP contribution in [0, 0.1) is 11.3 Å². The molecule has 2 aliphatic carbocycles. The van der Waals surface area contributed by atoms with E-state index in [4.69, 9.17) is 0 Å². The van der Waals surface area contributed by atoms with E-state index in [1.165, 1.54) is 36.9 Å². The van der Waals surface area contributed by atoms with E-state index in [0.717, 1.165) is 19.3 Å². The molecule has 0 saturated heterocycles. The maximum atomic E-state index is 11.2. The van der Waals surface area contributed by atoms with Crippen molar-refractivity contribution >= 4 is 0 Å². The smallest absolute Gasteiger partial charge is 0.0680 e. The van der Waals surface area contributed by atoms with E-state index in [-0.39, 0.29) is 17.4 Å². The lowest BCUT2D eigenvalue weighted by atomic mass is 9.69. The van der Waals surface area contributed by atoms with Crippen molar-refractivity contribution in [1.82, 2.24) is 4.98 Å². The van der Waals surface area contributed by atoms with Crippen LogP contribution in [0.1, 0.15) is 69.5 Å². The second-order valence-corrected chi connectivity index (χ2v) is 7.31. The summed E-state index contributed by atoms with van der Waals surface area (Å²) >= 11 is 0. The molecule has 0 spiro atoms. The van der Waals surface area contributed by atoms with Gasteiger partial charge in [-0.25, -0.2) is 0 Å². The molecule has 1 aromatic rings. The summed E-state index contributed by atoms with van der Waals surface area (Å²) in [6.45, 7) is 4.57. The van der Waals surface area contributed by atoms with E-state index in [0.29, 0.717) is 5.92 Å². The Morgan fingerprint density at radius 2 is 2.10 bits per heavy atom. The molecule has 1 N–H and O–H groups in total. The number of fused-ring (bicyclic) bond motifs is 1. The Balaban J connectivity index is 1.86. The predicted octanol–water partition coefficient (Wildman–Crippen LogP) is 4.08. The maximum absolute atomic E-state index is 11.2. The number of hydrogen-bond acceptors (Lipinski definition) is 2. The topological polar surface area (TPSA) is 33.1 Å². The first kappa shape index (κ1) is 14.1. The van der Waals surface area contributed by atoms with Crippen LogP contribution >= 0.6 is 0 Å². The van der Waals surface area contributed by atoms with Crippen molar-refractivity contribution < 1.29 is 5.11 Å². The maximum Gasteiger partial charge on any atom is 0.0680 e. The van der Waals surface area contributed by atoms with Crippen LogP contribution in [-0.2, 0) is 6.42 Å². The molecule has 1 aromatic heterocycles. The fraction of sp³-hybridized carbons (Fsp3) is 0.722. The van der Waals surface area contributed by atoms with Crippen molar-refractivity contribution in [2.45, 2.75) is 70.8 Å². The molecule has 1 fully saturated rings. The van der Waals surface area contributed by atoms with Crippen LogP contribution in [0.2, 0.25) is 0 Å². The van der Waals surface area contributed by atoms with Gasteiger partial charge >= 0.3 is 0 Å². The fourth-order valence-electron chi connectivity index (χ4n) is 4.69. The summed E-state index contributed by atoms with van der Waals surface area (Å²) in [6, 6.07) is 4.20. The molecule has 1 saturated carbocycles. The Morgan fingerprint density at radius 1 is 1.35 bits per heavy atom. The minimum absolute atomic E-state index is 0.151. The number of hydrogen-bond donors (Lipinski definition) is 1. The molecule has 0 bridgehead atoms. The molecule has 2 nitrogen and oxygen atoms in total. The summed E-state index contributed by atoms with van der Waals surface area (Å²) in [5.74, 6) is 0.926. The van der Waals surface area contributed by atoms with Crippen molar-refractivity contribution in [1.29, 1.82) is 0 Å². The average Bonchev–Trinajstić information content (AvgIpc) is 3.04. The van der Waals surface area contributed by atoms with E-state index in [9.17, 15) is 5.11 Å². The SMILES string of the molecule is CC(C)CC1(C(O)C2CCc3cccnc32)CCCC1. The first-order valence-electron chi connectivity index (χ1n) is 8.24. The van der Waals surface area contributed by atoms with Crippen LogP contribution in [0.4, 0.5) is 0 Å². The quantitative estimate of drug-likeness (QED) is 0.896. The Bertz CT molecular complexity index is 462. The third-order valence-corrected chi connectivity index (χ3v) is 5.42. The van der Waals surface area contributed by atoms with Gasteiger partial charge in [0.15, 0.2) is 0 Å². The van der Waals surface area contributed by atoms with Crippen molar-refractivity contribution in [2.24, 2.45) is 11.3 Å². The molecule has 2 atom stereocenters. The Hall–Kier alpha value is -0.890. The van der Waals surface area contributed by atoms with Gasteiger partial charge in [0, 0.05) is 17.8 Å². The Kier molecular flexibility index (Phi) is 3.85. The first-order valence-corrected chi connectivity index (χ1v) is 8.24.